The normalized spacial score (nSPS) is 16.4. The lowest BCUT2D eigenvalue weighted by atomic mass is 9.87. The molecule has 0 saturated heterocycles. The van der Waals surface area contributed by atoms with Crippen LogP contribution in [0.3, 0.4) is 0 Å². The SMILES string of the molecule is Cl.N#Cc1cccc(CNC2CCCc3ccccc32)c1. The minimum atomic E-state index is 0. The molecule has 3 heteroatoms. The van der Waals surface area contributed by atoms with Gasteiger partial charge in [-0.1, -0.05) is 36.4 Å². The maximum Gasteiger partial charge on any atom is 0.0991 e. The van der Waals surface area contributed by atoms with Gasteiger partial charge in [-0.2, -0.15) is 5.26 Å². The summed E-state index contributed by atoms with van der Waals surface area (Å²) in [4.78, 5) is 0. The van der Waals surface area contributed by atoms with Crippen molar-refractivity contribution in [2.75, 3.05) is 0 Å². The quantitative estimate of drug-likeness (QED) is 0.924. The molecule has 1 aliphatic rings. The summed E-state index contributed by atoms with van der Waals surface area (Å²) in [5.74, 6) is 0. The minimum absolute atomic E-state index is 0. The van der Waals surface area contributed by atoms with Crippen LogP contribution in [0.2, 0.25) is 0 Å². The van der Waals surface area contributed by atoms with E-state index in [0.29, 0.717) is 6.04 Å². The molecule has 0 heterocycles. The van der Waals surface area contributed by atoms with Gasteiger partial charge in [0.25, 0.3) is 0 Å². The molecule has 0 amide bonds. The molecule has 1 N–H and O–H groups in total. The van der Waals surface area contributed by atoms with Gasteiger partial charge in [-0.3, -0.25) is 0 Å². The first-order valence-electron chi connectivity index (χ1n) is 7.17. The van der Waals surface area contributed by atoms with E-state index >= 15 is 0 Å². The summed E-state index contributed by atoms with van der Waals surface area (Å²) in [5, 5.41) is 12.6. The third-order valence-electron chi connectivity index (χ3n) is 3.98. The van der Waals surface area contributed by atoms with E-state index in [4.69, 9.17) is 5.26 Å². The summed E-state index contributed by atoms with van der Waals surface area (Å²) in [7, 11) is 0. The zero-order valence-corrected chi connectivity index (χ0v) is 12.7. The number of hydrogen-bond acceptors (Lipinski definition) is 2. The first-order chi connectivity index (χ1) is 9.86. The Balaban J connectivity index is 0.00000161. The number of nitriles is 1. The lowest BCUT2D eigenvalue weighted by molar-refractivity contribution is 0.459. The van der Waals surface area contributed by atoms with Crippen LogP contribution in [-0.2, 0) is 13.0 Å². The Labute approximate surface area is 132 Å². The molecule has 21 heavy (non-hydrogen) atoms. The van der Waals surface area contributed by atoms with Crippen molar-refractivity contribution in [2.45, 2.75) is 31.8 Å². The lowest BCUT2D eigenvalue weighted by Crippen LogP contribution is -2.24. The second-order valence-corrected chi connectivity index (χ2v) is 5.34. The molecular weight excluding hydrogens is 280 g/mol. The molecule has 0 radical (unpaired) electrons. The average molecular weight is 299 g/mol. The molecule has 0 aliphatic heterocycles. The van der Waals surface area contributed by atoms with Gasteiger partial charge in [0.1, 0.15) is 0 Å². The zero-order valence-electron chi connectivity index (χ0n) is 11.9. The first kappa shape index (κ1) is 15.6. The Morgan fingerprint density at radius 2 is 2.00 bits per heavy atom. The van der Waals surface area contributed by atoms with Gasteiger partial charge in [0.15, 0.2) is 0 Å². The van der Waals surface area contributed by atoms with E-state index in [9.17, 15) is 0 Å². The van der Waals surface area contributed by atoms with Crippen molar-refractivity contribution >= 4 is 12.4 Å². The molecule has 2 aromatic rings. The molecule has 0 fully saturated rings. The molecule has 2 nitrogen and oxygen atoms in total. The standard InChI is InChI=1S/C18H18N2.ClH/c19-12-14-5-3-6-15(11-14)13-20-18-10-4-8-16-7-1-2-9-17(16)18;/h1-3,5-7,9,11,18,20H,4,8,10,13H2;1H. The van der Waals surface area contributed by atoms with Crippen LogP contribution >= 0.6 is 12.4 Å². The largest absolute Gasteiger partial charge is 0.306 e. The number of nitrogens with one attached hydrogen (secondary N) is 1. The van der Waals surface area contributed by atoms with Crippen molar-refractivity contribution in [3.63, 3.8) is 0 Å². The third kappa shape index (κ3) is 3.64. The first-order valence-corrected chi connectivity index (χ1v) is 7.17. The number of hydrogen-bond donors (Lipinski definition) is 1. The lowest BCUT2D eigenvalue weighted by Gasteiger charge is -2.26. The van der Waals surface area contributed by atoms with Gasteiger partial charge in [0, 0.05) is 12.6 Å². The van der Waals surface area contributed by atoms with Crippen LogP contribution in [0.4, 0.5) is 0 Å². The maximum absolute atomic E-state index is 8.94. The highest BCUT2D eigenvalue weighted by atomic mass is 35.5. The topological polar surface area (TPSA) is 35.8 Å². The molecule has 0 aromatic heterocycles. The zero-order chi connectivity index (χ0) is 13.8. The van der Waals surface area contributed by atoms with E-state index in [-0.39, 0.29) is 12.4 Å². The van der Waals surface area contributed by atoms with Crippen molar-refractivity contribution < 1.29 is 0 Å². The smallest absolute Gasteiger partial charge is 0.0991 e. The van der Waals surface area contributed by atoms with Gasteiger partial charge in [0.2, 0.25) is 0 Å². The number of nitrogens with zero attached hydrogens (tertiary/aromatic N) is 1. The fourth-order valence-corrected chi connectivity index (χ4v) is 2.96. The van der Waals surface area contributed by atoms with Crippen LogP contribution in [-0.4, -0.2) is 0 Å². The monoisotopic (exact) mass is 298 g/mol. The Morgan fingerprint density at radius 3 is 2.86 bits per heavy atom. The summed E-state index contributed by atoms with van der Waals surface area (Å²) < 4.78 is 0. The van der Waals surface area contributed by atoms with Gasteiger partial charge >= 0.3 is 0 Å². The van der Waals surface area contributed by atoms with Crippen molar-refractivity contribution in [3.05, 3.63) is 70.8 Å². The molecule has 1 aliphatic carbocycles. The predicted molar refractivity (Wildman–Crippen MR) is 87.4 cm³/mol. The van der Waals surface area contributed by atoms with E-state index in [1.807, 2.05) is 18.2 Å². The van der Waals surface area contributed by atoms with Crippen LogP contribution < -0.4 is 5.32 Å². The molecule has 1 unspecified atom stereocenters. The van der Waals surface area contributed by atoms with Gasteiger partial charge in [-0.05, 0) is 48.1 Å². The maximum atomic E-state index is 8.94. The molecule has 2 aromatic carbocycles. The molecule has 3 rings (SSSR count). The van der Waals surface area contributed by atoms with Crippen LogP contribution in [0, 0.1) is 11.3 Å². The van der Waals surface area contributed by atoms with Crippen molar-refractivity contribution in [2.24, 2.45) is 0 Å². The Hall–Kier alpha value is -1.82. The molecular formula is C18H19ClN2. The highest BCUT2D eigenvalue weighted by Crippen LogP contribution is 2.29. The number of benzene rings is 2. The predicted octanol–water partition coefficient (Wildman–Crippen LogP) is 4.15. The van der Waals surface area contributed by atoms with Crippen LogP contribution in [0.5, 0.6) is 0 Å². The highest BCUT2D eigenvalue weighted by Gasteiger charge is 2.18. The van der Waals surface area contributed by atoms with Crippen LogP contribution in [0.15, 0.2) is 48.5 Å². The third-order valence-corrected chi connectivity index (χ3v) is 3.98. The summed E-state index contributed by atoms with van der Waals surface area (Å²) in [6.45, 7) is 0.814. The van der Waals surface area contributed by atoms with Crippen molar-refractivity contribution in [1.29, 1.82) is 5.26 Å². The van der Waals surface area contributed by atoms with E-state index in [2.05, 4.69) is 41.7 Å². The van der Waals surface area contributed by atoms with Crippen LogP contribution in [0.25, 0.3) is 0 Å². The molecule has 0 bridgehead atoms. The van der Waals surface area contributed by atoms with Gasteiger partial charge < -0.3 is 5.32 Å². The number of fused-ring (bicyclic) bond motifs is 1. The van der Waals surface area contributed by atoms with Crippen molar-refractivity contribution in [1.82, 2.24) is 5.32 Å². The van der Waals surface area contributed by atoms with E-state index in [1.165, 1.54) is 36.0 Å². The molecule has 108 valence electrons. The summed E-state index contributed by atoms with van der Waals surface area (Å²) in [6.07, 6.45) is 3.63. The van der Waals surface area contributed by atoms with E-state index < -0.39 is 0 Å². The fraction of sp³-hybridized carbons (Fsp3) is 0.278. The molecule has 0 spiro atoms. The second kappa shape index (κ2) is 7.26. The highest BCUT2D eigenvalue weighted by molar-refractivity contribution is 5.85. The van der Waals surface area contributed by atoms with Gasteiger partial charge in [-0.15, -0.1) is 12.4 Å². The second-order valence-electron chi connectivity index (χ2n) is 5.34. The molecule has 1 atom stereocenters. The van der Waals surface area contributed by atoms with Crippen LogP contribution in [0.1, 0.15) is 41.1 Å². The average Bonchev–Trinajstić information content (AvgIpc) is 2.53. The van der Waals surface area contributed by atoms with Gasteiger partial charge in [-0.25, -0.2) is 0 Å². The van der Waals surface area contributed by atoms with Crippen molar-refractivity contribution in [3.8, 4) is 6.07 Å². The Bertz CT molecular complexity index is 646. The Morgan fingerprint density at radius 1 is 1.14 bits per heavy atom. The summed E-state index contributed by atoms with van der Waals surface area (Å²) in [6, 6.07) is 19.2. The number of halogens is 1. The minimum Gasteiger partial charge on any atom is -0.306 e. The fourth-order valence-electron chi connectivity index (χ4n) is 2.96. The summed E-state index contributed by atoms with van der Waals surface area (Å²) >= 11 is 0. The summed E-state index contributed by atoms with van der Waals surface area (Å²) in [5.41, 5.74) is 4.82. The molecule has 0 saturated carbocycles. The Kier molecular flexibility index (Phi) is 5.38. The number of aryl methyl sites for hydroxylation is 1. The van der Waals surface area contributed by atoms with E-state index in [1.54, 1.807) is 0 Å². The van der Waals surface area contributed by atoms with Gasteiger partial charge in [0.05, 0.1) is 11.6 Å². The number of rotatable bonds is 3. The van der Waals surface area contributed by atoms with E-state index in [0.717, 1.165) is 12.1 Å².